The monoisotopic (exact) mass is 269 g/mol. The normalized spacial score (nSPS) is 13.8. The molecule has 1 aromatic heterocycles. The number of ether oxygens (including phenoxy) is 1. The van der Waals surface area contributed by atoms with E-state index in [4.69, 9.17) is 0 Å². The average molecular weight is 269 g/mol. The van der Waals surface area contributed by atoms with Gasteiger partial charge in [0.05, 0.1) is 23.1 Å². The minimum atomic E-state index is -0.451. The van der Waals surface area contributed by atoms with Gasteiger partial charge in [-0.2, -0.15) is 0 Å². The number of anilines is 1. The molecule has 1 aliphatic rings. The van der Waals surface area contributed by atoms with Crippen LogP contribution in [0.15, 0.2) is 48.3 Å². The lowest BCUT2D eigenvalue weighted by Crippen LogP contribution is -2.28. The molecule has 0 spiro atoms. The summed E-state index contributed by atoms with van der Waals surface area (Å²) in [6.07, 6.45) is 2.82. The zero-order valence-electron chi connectivity index (χ0n) is 10.4. The predicted molar refractivity (Wildman–Crippen MR) is 72.9 cm³/mol. The molecular formula is C14H11N3O3. The van der Waals surface area contributed by atoms with Crippen LogP contribution in [0, 0.1) is 0 Å². The van der Waals surface area contributed by atoms with Crippen molar-refractivity contribution < 1.29 is 14.3 Å². The Hall–Kier alpha value is -2.89. The van der Waals surface area contributed by atoms with Crippen LogP contribution in [0.3, 0.4) is 0 Å². The maximum absolute atomic E-state index is 11.8. The van der Waals surface area contributed by atoms with Crippen LogP contribution in [0.4, 0.5) is 10.5 Å². The van der Waals surface area contributed by atoms with E-state index in [-0.39, 0.29) is 6.61 Å². The van der Waals surface area contributed by atoms with Crippen molar-refractivity contribution in [1.82, 2.24) is 10.3 Å². The number of hydrogen-bond acceptors (Lipinski definition) is 4. The topological polar surface area (TPSA) is 80.3 Å². The second kappa shape index (κ2) is 5.00. The van der Waals surface area contributed by atoms with Gasteiger partial charge in [-0.15, -0.1) is 0 Å². The van der Waals surface area contributed by atoms with E-state index in [1.54, 1.807) is 6.20 Å². The summed E-state index contributed by atoms with van der Waals surface area (Å²) in [6.45, 7) is 0.0855. The number of rotatable bonds is 2. The van der Waals surface area contributed by atoms with E-state index in [9.17, 15) is 9.59 Å². The molecule has 0 radical (unpaired) electrons. The Labute approximate surface area is 114 Å². The fraction of sp³-hybridized carbons (Fsp3) is 0.0714. The van der Waals surface area contributed by atoms with E-state index in [1.165, 1.54) is 6.08 Å². The van der Waals surface area contributed by atoms with Crippen molar-refractivity contribution in [1.29, 1.82) is 0 Å². The third-order valence-corrected chi connectivity index (χ3v) is 2.78. The van der Waals surface area contributed by atoms with Gasteiger partial charge in [0.2, 0.25) is 0 Å². The van der Waals surface area contributed by atoms with Crippen molar-refractivity contribution in [2.24, 2.45) is 0 Å². The molecule has 0 fully saturated rings. The molecule has 2 N–H and O–H groups in total. The molecule has 100 valence electrons. The highest BCUT2D eigenvalue weighted by Crippen LogP contribution is 2.16. The molecule has 20 heavy (non-hydrogen) atoms. The van der Waals surface area contributed by atoms with Crippen LogP contribution < -0.4 is 10.6 Å². The SMILES string of the molecule is O=C(NC1=CC(=O)OC1)Nc1cnc2ccccc2c1. The van der Waals surface area contributed by atoms with E-state index < -0.39 is 12.0 Å². The Balaban J connectivity index is 1.71. The van der Waals surface area contributed by atoms with Gasteiger partial charge in [-0.3, -0.25) is 4.98 Å². The smallest absolute Gasteiger partial charge is 0.333 e. The quantitative estimate of drug-likeness (QED) is 0.815. The molecule has 1 aliphatic heterocycles. The number of pyridine rings is 1. The lowest BCUT2D eigenvalue weighted by atomic mass is 10.2. The minimum absolute atomic E-state index is 0.0855. The highest BCUT2D eigenvalue weighted by Gasteiger charge is 2.15. The van der Waals surface area contributed by atoms with Gasteiger partial charge in [0.25, 0.3) is 0 Å². The highest BCUT2D eigenvalue weighted by molar-refractivity contribution is 5.94. The second-order valence-electron chi connectivity index (χ2n) is 4.27. The standard InChI is InChI=1S/C14H11N3O3/c18-13-6-11(8-20-13)17-14(19)16-10-5-9-3-1-2-4-12(9)15-7-10/h1-7H,8H2,(H2,16,17,19). The third-order valence-electron chi connectivity index (χ3n) is 2.78. The number of nitrogens with zero attached hydrogens (tertiary/aromatic N) is 1. The van der Waals surface area contributed by atoms with Gasteiger partial charge in [-0.25, -0.2) is 9.59 Å². The maximum atomic E-state index is 11.8. The number of nitrogens with one attached hydrogen (secondary N) is 2. The maximum Gasteiger partial charge on any atom is 0.333 e. The van der Waals surface area contributed by atoms with Crippen molar-refractivity contribution in [2.45, 2.75) is 0 Å². The van der Waals surface area contributed by atoms with Gasteiger partial charge >= 0.3 is 12.0 Å². The van der Waals surface area contributed by atoms with Crippen LogP contribution in [0.25, 0.3) is 10.9 Å². The molecule has 1 aromatic carbocycles. The Bertz CT molecular complexity index is 724. The van der Waals surface area contributed by atoms with Crippen LogP contribution in [-0.2, 0) is 9.53 Å². The molecule has 0 aliphatic carbocycles. The zero-order chi connectivity index (χ0) is 13.9. The Kier molecular flexibility index (Phi) is 3.04. The first kappa shape index (κ1) is 12.2. The second-order valence-corrected chi connectivity index (χ2v) is 4.27. The van der Waals surface area contributed by atoms with Crippen molar-refractivity contribution in [3.8, 4) is 0 Å². The van der Waals surface area contributed by atoms with E-state index in [1.807, 2.05) is 30.3 Å². The van der Waals surface area contributed by atoms with E-state index >= 15 is 0 Å². The fourth-order valence-corrected chi connectivity index (χ4v) is 1.89. The molecule has 2 aromatic rings. The molecule has 0 bridgehead atoms. The number of hydrogen-bond donors (Lipinski definition) is 2. The number of cyclic esters (lactones) is 1. The van der Waals surface area contributed by atoms with Crippen LogP contribution in [0.2, 0.25) is 0 Å². The molecule has 0 atom stereocenters. The molecule has 2 heterocycles. The molecule has 6 heteroatoms. The Morgan fingerprint density at radius 1 is 1.25 bits per heavy atom. The van der Waals surface area contributed by atoms with Gasteiger partial charge in [0.1, 0.15) is 6.61 Å². The predicted octanol–water partition coefficient (Wildman–Crippen LogP) is 1.80. The van der Waals surface area contributed by atoms with Gasteiger partial charge in [-0.05, 0) is 12.1 Å². The number of amides is 2. The molecular weight excluding hydrogens is 258 g/mol. The van der Waals surface area contributed by atoms with Crippen LogP contribution in [-0.4, -0.2) is 23.6 Å². The molecule has 2 amide bonds. The summed E-state index contributed by atoms with van der Waals surface area (Å²) in [7, 11) is 0. The highest BCUT2D eigenvalue weighted by atomic mass is 16.5. The summed E-state index contributed by atoms with van der Waals surface area (Å²) in [5, 5.41) is 6.13. The number of urea groups is 1. The Morgan fingerprint density at radius 3 is 2.90 bits per heavy atom. The van der Waals surface area contributed by atoms with Crippen LogP contribution in [0.5, 0.6) is 0 Å². The zero-order valence-corrected chi connectivity index (χ0v) is 10.4. The minimum Gasteiger partial charge on any atom is -0.456 e. The Morgan fingerprint density at radius 2 is 2.10 bits per heavy atom. The third kappa shape index (κ3) is 2.59. The number of benzene rings is 1. The van der Waals surface area contributed by atoms with Gasteiger partial charge in [0, 0.05) is 11.5 Å². The van der Waals surface area contributed by atoms with Crippen molar-refractivity contribution in [3.63, 3.8) is 0 Å². The number of esters is 1. The number of fused-ring (bicyclic) bond motifs is 1. The summed E-state index contributed by atoms with van der Waals surface area (Å²) in [6, 6.07) is 9.00. The number of para-hydroxylation sites is 1. The van der Waals surface area contributed by atoms with E-state index in [0.29, 0.717) is 11.4 Å². The van der Waals surface area contributed by atoms with Crippen LogP contribution in [0.1, 0.15) is 0 Å². The van der Waals surface area contributed by atoms with Crippen molar-refractivity contribution >= 4 is 28.6 Å². The van der Waals surface area contributed by atoms with Gasteiger partial charge in [0.15, 0.2) is 0 Å². The first-order valence-corrected chi connectivity index (χ1v) is 6.01. The molecule has 3 rings (SSSR count). The molecule has 6 nitrogen and oxygen atoms in total. The fourth-order valence-electron chi connectivity index (χ4n) is 1.89. The lowest BCUT2D eigenvalue weighted by molar-refractivity contribution is -0.134. The summed E-state index contributed by atoms with van der Waals surface area (Å²) in [5.74, 6) is -0.451. The molecule has 0 saturated carbocycles. The summed E-state index contributed by atoms with van der Waals surface area (Å²) in [4.78, 5) is 26.9. The average Bonchev–Trinajstić information content (AvgIpc) is 2.83. The summed E-state index contributed by atoms with van der Waals surface area (Å²) < 4.78 is 4.69. The first-order chi connectivity index (χ1) is 9.70. The van der Waals surface area contributed by atoms with Gasteiger partial charge in [-0.1, -0.05) is 18.2 Å². The molecule has 0 saturated heterocycles. The van der Waals surface area contributed by atoms with E-state index in [0.717, 1.165) is 10.9 Å². The van der Waals surface area contributed by atoms with Crippen molar-refractivity contribution in [2.75, 3.05) is 11.9 Å². The van der Waals surface area contributed by atoms with Crippen LogP contribution >= 0.6 is 0 Å². The van der Waals surface area contributed by atoms with E-state index in [2.05, 4.69) is 20.4 Å². The summed E-state index contributed by atoms with van der Waals surface area (Å²) >= 11 is 0. The first-order valence-electron chi connectivity index (χ1n) is 6.01. The lowest BCUT2D eigenvalue weighted by Gasteiger charge is -2.07. The number of carbonyl (C=O) groups excluding carboxylic acids is 2. The van der Waals surface area contributed by atoms with Crippen molar-refractivity contribution in [3.05, 3.63) is 48.3 Å². The number of carbonyl (C=O) groups is 2. The summed E-state index contributed by atoms with van der Waals surface area (Å²) in [5.41, 5.74) is 1.87. The largest absolute Gasteiger partial charge is 0.456 e. The number of aromatic nitrogens is 1. The van der Waals surface area contributed by atoms with Gasteiger partial charge < -0.3 is 15.4 Å². The molecule has 0 unspecified atom stereocenters.